The zero-order valence-electron chi connectivity index (χ0n) is 15.4. The average molecular weight is 383 g/mol. The summed E-state index contributed by atoms with van der Waals surface area (Å²) < 4.78 is 7.95. The van der Waals surface area contributed by atoms with Crippen LogP contribution in [0.3, 0.4) is 0 Å². The third-order valence-electron chi connectivity index (χ3n) is 4.81. The minimum atomic E-state index is 0.409. The summed E-state index contributed by atoms with van der Waals surface area (Å²) in [5.74, 6) is 2.81. The normalized spacial score (nSPS) is 16.1. The maximum atomic E-state index is 6.19. The van der Waals surface area contributed by atoms with Gasteiger partial charge >= 0.3 is 0 Å². The Balaban J connectivity index is 1.32. The summed E-state index contributed by atoms with van der Waals surface area (Å²) in [4.78, 5) is 4.47. The van der Waals surface area contributed by atoms with Crippen molar-refractivity contribution in [2.75, 3.05) is 0 Å². The van der Waals surface area contributed by atoms with Crippen molar-refractivity contribution in [2.24, 2.45) is 0 Å². The second kappa shape index (κ2) is 8.11. The standard InChI is InChI=1S/C21H23ClN4O/c1-15-24-21-10-9-18(13-26(21)25-15)23-12-16-5-4-7-19(11-16)27-14-17-6-2-3-8-20(17)22/h2-8,11,18,23H,9-10,12-14H2,1H3. The number of benzene rings is 2. The Bertz CT molecular complexity index is 924. The van der Waals surface area contributed by atoms with E-state index in [1.54, 1.807) is 0 Å². The third-order valence-corrected chi connectivity index (χ3v) is 5.18. The lowest BCUT2D eigenvalue weighted by Gasteiger charge is -2.23. The maximum absolute atomic E-state index is 6.19. The number of hydrogen-bond acceptors (Lipinski definition) is 4. The number of rotatable bonds is 6. The van der Waals surface area contributed by atoms with Gasteiger partial charge in [-0.05, 0) is 37.1 Å². The lowest BCUT2D eigenvalue weighted by molar-refractivity contribution is 0.305. The molecule has 1 aromatic heterocycles. The van der Waals surface area contributed by atoms with Gasteiger partial charge in [-0.15, -0.1) is 0 Å². The minimum Gasteiger partial charge on any atom is -0.489 e. The Labute approximate surface area is 164 Å². The molecule has 1 atom stereocenters. The number of hydrogen-bond donors (Lipinski definition) is 1. The molecule has 6 heteroatoms. The molecule has 0 fully saturated rings. The van der Waals surface area contributed by atoms with E-state index in [0.717, 1.165) is 53.9 Å². The first kappa shape index (κ1) is 18.0. The van der Waals surface area contributed by atoms with E-state index in [0.29, 0.717) is 12.6 Å². The molecule has 0 saturated carbocycles. The van der Waals surface area contributed by atoms with Crippen LogP contribution < -0.4 is 10.1 Å². The van der Waals surface area contributed by atoms with Gasteiger partial charge in [0.1, 0.15) is 24.0 Å². The number of aryl methyl sites for hydroxylation is 2. The average Bonchev–Trinajstić information content (AvgIpc) is 3.05. The summed E-state index contributed by atoms with van der Waals surface area (Å²) in [7, 11) is 0. The van der Waals surface area contributed by atoms with Crippen LogP contribution in [0.15, 0.2) is 48.5 Å². The fourth-order valence-corrected chi connectivity index (χ4v) is 3.57. The van der Waals surface area contributed by atoms with E-state index in [2.05, 4.69) is 27.5 Å². The van der Waals surface area contributed by atoms with Crippen LogP contribution in [0.1, 0.15) is 29.2 Å². The zero-order chi connectivity index (χ0) is 18.6. The number of nitrogens with one attached hydrogen (secondary N) is 1. The molecule has 2 heterocycles. The van der Waals surface area contributed by atoms with Crippen molar-refractivity contribution in [3.63, 3.8) is 0 Å². The van der Waals surface area contributed by atoms with Gasteiger partial charge < -0.3 is 10.1 Å². The Morgan fingerprint density at radius 3 is 3.00 bits per heavy atom. The molecule has 2 aromatic carbocycles. The molecule has 27 heavy (non-hydrogen) atoms. The highest BCUT2D eigenvalue weighted by Gasteiger charge is 2.20. The van der Waals surface area contributed by atoms with E-state index in [4.69, 9.17) is 16.3 Å². The highest BCUT2D eigenvalue weighted by molar-refractivity contribution is 6.31. The summed E-state index contributed by atoms with van der Waals surface area (Å²) >= 11 is 6.19. The summed E-state index contributed by atoms with van der Waals surface area (Å²) in [6.45, 7) is 4.09. The molecule has 1 N–H and O–H groups in total. The molecule has 0 aliphatic carbocycles. The second-order valence-corrected chi connectivity index (χ2v) is 7.31. The summed E-state index contributed by atoms with van der Waals surface area (Å²) in [5.41, 5.74) is 2.19. The fourth-order valence-electron chi connectivity index (χ4n) is 3.38. The fraction of sp³-hybridized carbons (Fsp3) is 0.333. The van der Waals surface area contributed by atoms with Crippen LogP contribution in [0.4, 0.5) is 0 Å². The van der Waals surface area contributed by atoms with Crippen molar-refractivity contribution >= 4 is 11.6 Å². The van der Waals surface area contributed by atoms with Crippen LogP contribution >= 0.6 is 11.6 Å². The van der Waals surface area contributed by atoms with Gasteiger partial charge in [-0.3, -0.25) is 0 Å². The molecule has 140 valence electrons. The van der Waals surface area contributed by atoms with Crippen LogP contribution in [0.2, 0.25) is 5.02 Å². The summed E-state index contributed by atoms with van der Waals surface area (Å²) in [6.07, 6.45) is 2.06. The molecule has 1 aliphatic rings. The highest BCUT2D eigenvalue weighted by atomic mass is 35.5. The molecule has 0 spiro atoms. The van der Waals surface area contributed by atoms with E-state index < -0.39 is 0 Å². The smallest absolute Gasteiger partial charge is 0.147 e. The van der Waals surface area contributed by atoms with Gasteiger partial charge in [0.2, 0.25) is 0 Å². The summed E-state index contributed by atoms with van der Waals surface area (Å²) in [6, 6.07) is 16.4. The largest absolute Gasteiger partial charge is 0.489 e. The van der Waals surface area contributed by atoms with Gasteiger partial charge in [0.05, 0.1) is 6.54 Å². The summed E-state index contributed by atoms with van der Waals surface area (Å²) in [5, 5.41) is 8.83. The van der Waals surface area contributed by atoms with Gasteiger partial charge in [0, 0.05) is 29.6 Å². The number of halogens is 1. The van der Waals surface area contributed by atoms with Crippen LogP contribution in [-0.4, -0.2) is 20.8 Å². The second-order valence-electron chi connectivity index (χ2n) is 6.90. The first-order valence-corrected chi connectivity index (χ1v) is 9.64. The van der Waals surface area contributed by atoms with Crippen molar-refractivity contribution in [2.45, 2.75) is 45.5 Å². The molecule has 3 aromatic rings. The third kappa shape index (κ3) is 4.49. The monoisotopic (exact) mass is 382 g/mol. The molecular weight excluding hydrogens is 360 g/mol. The zero-order valence-corrected chi connectivity index (χ0v) is 16.1. The van der Waals surface area contributed by atoms with E-state index >= 15 is 0 Å². The topological polar surface area (TPSA) is 52.0 Å². The number of aromatic nitrogens is 3. The molecule has 1 unspecified atom stereocenters. The lowest BCUT2D eigenvalue weighted by Crippen LogP contribution is -2.37. The highest BCUT2D eigenvalue weighted by Crippen LogP contribution is 2.20. The predicted molar refractivity (Wildman–Crippen MR) is 106 cm³/mol. The van der Waals surface area contributed by atoms with Crippen molar-refractivity contribution in [1.29, 1.82) is 0 Å². The number of nitrogens with zero attached hydrogens (tertiary/aromatic N) is 3. The SMILES string of the molecule is Cc1nc2n(n1)CC(NCc1cccc(OCc3ccccc3Cl)c1)CC2. The first-order chi connectivity index (χ1) is 13.2. The van der Waals surface area contributed by atoms with Crippen LogP contribution in [0, 0.1) is 6.92 Å². The molecular formula is C21H23ClN4O. The van der Waals surface area contributed by atoms with E-state index in [1.807, 2.05) is 48.0 Å². The Morgan fingerprint density at radius 1 is 1.22 bits per heavy atom. The quantitative estimate of drug-likeness (QED) is 0.702. The molecule has 4 rings (SSSR count). The van der Waals surface area contributed by atoms with Gasteiger partial charge in [0.25, 0.3) is 0 Å². The number of ether oxygens (including phenoxy) is 1. The lowest BCUT2D eigenvalue weighted by atomic mass is 10.1. The van der Waals surface area contributed by atoms with Crippen molar-refractivity contribution < 1.29 is 4.74 Å². The van der Waals surface area contributed by atoms with Crippen molar-refractivity contribution in [1.82, 2.24) is 20.1 Å². The van der Waals surface area contributed by atoms with Gasteiger partial charge in [-0.1, -0.05) is 41.9 Å². The Morgan fingerprint density at radius 2 is 2.11 bits per heavy atom. The Kier molecular flexibility index (Phi) is 5.41. The molecule has 1 aliphatic heterocycles. The van der Waals surface area contributed by atoms with Crippen molar-refractivity contribution in [3.05, 3.63) is 76.3 Å². The molecule has 0 saturated heterocycles. The van der Waals surface area contributed by atoms with Crippen LogP contribution in [-0.2, 0) is 26.1 Å². The van der Waals surface area contributed by atoms with E-state index in [-0.39, 0.29) is 0 Å². The van der Waals surface area contributed by atoms with Crippen molar-refractivity contribution in [3.8, 4) is 5.75 Å². The maximum Gasteiger partial charge on any atom is 0.147 e. The van der Waals surface area contributed by atoms with Crippen LogP contribution in [0.5, 0.6) is 5.75 Å². The van der Waals surface area contributed by atoms with Crippen LogP contribution in [0.25, 0.3) is 0 Å². The van der Waals surface area contributed by atoms with Gasteiger partial charge in [-0.2, -0.15) is 5.10 Å². The molecule has 0 amide bonds. The van der Waals surface area contributed by atoms with Gasteiger partial charge in [0.15, 0.2) is 0 Å². The predicted octanol–water partition coefficient (Wildman–Crippen LogP) is 3.92. The molecule has 5 nitrogen and oxygen atoms in total. The number of fused-ring (bicyclic) bond motifs is 1. The Hall–Kier alpha value is -2.37. The minimum absolute atomic E-state index is 0.409. The molecule has 0 bridgehead atoms. The van der Waals surface area contributed by atoms with E-state index in [1.165, 1.54) is 5.56 Å². The first-order valence-electron chi connectivity index (χ1n) is 9.26. The van der Waals surface area contributed by atoms with E-state index in [9.17, 15) is 0 Å². The molecule has 0 radical (unpaired) electrons. The van der Waals surface area contributed by atoms with Gasteiger partial charge in [-0.25, -0.2) is 9.67 Å².